The lowest BCUT2D eigenvalue weighted by atomic mass is 9.94. The van der Waals surface area contributed by atoms with Gasteiger partial charge in [-0.2, -0.15) is 0 Å². The maximum atomic E-state index is 13.5. The van der Waals surface area contributed by atoms with Gasteiger partial charge < -0.3 is 14.6 Å². The molecule has 4 aromatic rings. The first-order valence-electron chi connectivity index (χ1n) is 12.1. The van der Waals surface area contributed by atoms with E-state index >= 15 is 0 Å². The zero-order valence-electron chi connectivity index (χ0n) is 20.8. The van der Waals surface area contributed by atoms with E-state index in [1.54, 1.807) is 42.5 Å². The zero-order valence-corrected chi connectivity index (χ0v) is 20.8. The number of hydrogen-bond acceptors (Lipinski definition) is 5. The highest BCUT2D eigenvalue weighted by molar-refractivity contribution is 6.51. The number of methoxy groups -OCH3 is 1. The van der Waals surface area contributed by atoms with Crippen molar-refractivity contribution < 1.29 is 24.2 Å². The van der Waals surface area contributed by atoms with Gasteiger partial charge in [0.2, 0.25) is 0 Å². The molecule has 6 nitrogen and oxygen atoms in total. The first-order chi connectivity index (χ1) is 17.9. The van der Waals surface area contributed by atoms with Crippen LogP contribution in [0.5, 0.6) is 11.5 Å². The highest BCUT2D eigenvalue weighted by atomic mass is 16.5. The molecule has 0 radical (unpaired) electrons. The Bertz CT molecular complexity index is 1520. The standard InChI is InChI=1S/C31H27NO5/c1-19(2)37-25-15-13-21(14-16-25)28-27(29(33)23-12-11-20-7-4-5-8-22(20)17-23)30(34)31(35)32(28)24-9-6-10-26(18-24)36-3/h4-19,28,33H,1-3H3/b29-27-. The number of anilines is 1. The van der Waals surface area contributed by atoms with Crippen molar-refractivity contribution >= 4 is 33.9 Å². The third-order valence-electron chi connectivity index (χ3n) is 6.37. The second kappa shape index (κ2) is 9.82. The van der Waals surface area contributed by atoms with Crippen molar-refractivity contribution in [3.05, 3.63) is 108 Å². The summed E-state index contributed by atoms with van der Waals surface area (Å²) in [5.74, 6) is -0.467. The number of carbonyl (C=O) groups is 2. The lowest BCUT2D eigenvalue weighted by Crippen LogP contribution is -2.29. The second-order valence-corrected chi connectivity index (χ2v) is 9.17. The number of Topliss-reactive ketones (excluding diaryl/α,β-unsaturated/α-hetero) is 1. The monoisotopic (exact) mass is 493 g/mol. The molecule has 1 fully saturated rings. The second-order valence-electron chi connectivity index (χ2n) is 9.17. The van der Waals surface area contributed by atoms with Crippen LogP contribution in [0.3, 0.4) is 0 Å². The molecule has 1 N–H and O–H groups in total. The zero-order chi connectivity index (χ0) is 26.1. The van der Waals surface area contributed by atoms with Gasteiger partial charge in [0.1, 0.15) is 17.3 Å². The molecule has 1 saturated heterocycles. The molecule has 0 bridgehead atoms. The Labute approximate surface area is 215 Å². The lowest BCUT2D eigenvalue weighted by molar-refractivity contribution is -0.132. The molecule has 4 aromatic carbocycles. The summed E-state index contributed by atoms with van der Waals surface area (Å²) in [5, 5.41) is 13.4. The topological polar surface area (TPSA) is 76.1 Å². The number of benzene rings is 4. The molecule has 1 aliphatic rings. The minimum Gasteiger partial charge on any atom is -0.507 e. The number of aliphatic hydroxyl groups is 1. The van der Waals surface area contributed by atoms with Gasteiger partial charge in [-0.25, -0.2) is 0 Å². The van der Waals surface area contributed by atoms with Gasteiger partial charge in [0.25, 0.3) is 11.7 Å². The third-order valence-corrected chi connectivity index (χ3v) is 6.37. The Kier molecular flexibility index (Phi) is 6.40. The molecule has 1 amide bonds. The molecule has 1 atom stereocenters. The third kappa shape index (κ3) is 4.54. The predicted molar refractivity (Wildman–Crippen MR) is 144 cm³/mol. The summed E-state index contributed by atoms with van der Waals surface area (Å²) in [7, 11) is 1.54. The largest absolute Gasteiger partial charge is 0.507 e. The van der Waals surface area contributed by atoms with Crippen LogP contribution in [0.1, 0.15) is 31.0 Å². The fourth-order valence-electron chi connectivity index (χ4n) is 4.67. The van der Waals surface area contributed by atoms with Crippen LogP contribution in [0.15, 0.2) is 96.6 Å². The quantitative estimate of drug-likeness (QED) is 0.195. The smallest absolute Gasteiger partial charge is 0.300 e. The Hall–Kier alpha value is -4.58. The first-order valence-corrected chi connectivity index (χ1v) is 12.1. The number of amides is 1. The lowest BCUT2D eigenvalue weighted by Gasteiger charge is -2.26. The van der Waals surface area contributed by atoms with E-state index in [1.165, 1.54) is 12.0 Å². The normalized spacial score (nSPS) is 17.0. The Morgan fingerprint density at radius 1 is 0.838 bits per heavy atom. The maximum absolute atomic E-state index is 13.5. The van der Waals surface area contributed by atoms with Gasteiger partial charge in [-0.05, 0) is 60.5 Å². The number of ketones is 1. The van der Waals surface area contributed by atoms with E-state index in [9.17, 15) is 14.7 Å². The number of rotatable bonds is 6. The van der Waals surface area contributed by atoms with Crippen molar-refractivity contribution in [2.45, 2.75) is 26.0 Å². The minimum atomic E-state index is -0.841. The van der Waals surface area contributed by atoms with Crippen LogP contribution in [-0.2, 0) is 9.59 Å². The average molecular weight is 494 g/mol. The predicted octanol–water partition coefficient (Wildman–Crippen LogP) is 6.26. The molecule has 1 heterocycles. The molecule has 1 unspecified atom stereocenters. The van der Waals surface area contributed by atoms with Crippen molar-refractivity contribution in [2.75, 3.05) is 12.0 Å². The Morgan fingerprint density at radius 2 is 1.57 bits per heavy atom. The van der Waals surface area contributed by atoms with Crippen LogP contribution in [0.25, 0.3) is 16.5 Å². The van der Waals surface area contributed by atoms with Gasteiger partial charge in [-0.1, -0.05) is 54.6 Å². The van der Waals surface area contributed by atoms with Crippen LogP contribution in [-0.4, -0.2) is 30.0 Å². The minimum absolute atomic E-state index is 0.00109. The SMILES string of the molecule is COc1cccc(N2C(=O)C(=O)/C(=C(\O)c3ccc4ccccc4c3)C2c2ccc(OC(C)C)cc2)c1. The fourth-order valence-corrected chi connectivity index (χ4v) is 4.67. The molecule has 1 aliphatic heterocycles. The summed E-state index contributed by atoms with van der Waals surface area (Å²) in [4.78, 5) is 28.3. The van der Waals surface area contributed by atoms with Crippen molar-refractivity contribution in [2.24, 2.45) is 0 Å². The number of nitrogens with zero attached hydrogens (tertiary/aromatic N) is 1. The molecule has 37 heavy (non-hydrogen) atoms. The number of ether oxygens (including phenoxy) is 2. The van der Waals surface area contributed by atoms with Gasteiger partial charge in [-0.3, -0.25) is 14.5 Å². The van der Waals surface area contributed by atoms with Crippen LogP contribution < -0.4 is 14.4 Å². The molecule has 186 valence electrons. The summed E-state index contributed by atoms with van der Waals surface area (Å²) in [6.07, 6.45) is 0.00109. The van der Waals surface area contributed by atoms with Gasteiger partial charge >= 0.3 is 0 Å². The molecule has 6 heteroatoms. The van der Waals surface area contributed by atoms with Crippen molar-refractivity contribution in [1.29, 1.82) is 0 Å². The summed E-state index contributed by atoms with van der Waals surface area (Å²) in [6.45, 7) is 3.88. The van der Waals surface area contributed by atoms with E-state index in [0.29, 0.717) is 28.3 Å². The number of aliphatic hydroxyl groups excluding tert-OH is 1. The van der Waals surface area contributed by atoms with Gasteiger partial charge in [0.15, 0.2) is 0 Å². The van der Waals surface area contributed by atoms with E-state index in [4.69, 9.17) is 9.47 Å². The van der Waals surface area contributed by atoms with Gasteiger partial charge in [-0.15, -0.1) is 0 Å². The molecular weight excluding hydrogens is 466 g/mol. The fraction of sp³-hybridized carbons (Fsp3) is 0.161. The maximum Gasteiger partial charge on any atom is 0.300 e. The number of hydrogen-bond donors (Lipinski definition) is 1. The number of fused-ring (bicyclic) bond motifs is 1. The van der Waals surface area contributed by atoms with E-state index in [2.05, 4.69) is 0 Å². The summed E-state index contributed by atoms with van der Waals surface area (Å²) in [6, 6.07) is 26.6. The Balaban J connectivity index is 1.68. The Morgan fingerprint density at radius 3 is 2.27 bits per heavy atom. The molecule has 5 rings (SSSR count). The first kappa shape index (κ1) is 24.1. The van der Waals surface area contributed by atoms with Crippen LogP contribution in [0.2, 0.25) is 0 Å². The molecule has 0 aliphatic carbocycles. The van der Waals surface area contributed by atoms with E-state index in [-0.39, 0.29) is 17.4 Å². The van der Waals surface area contributed by atoms with Crippen LogP contribution >= 0.6 is 0 Å². The molecule has 0 aromatic heterocycles. The highest BCUT2D eigenvalue weighted by Gasteiger charge is 2.47. The highest BCUT2D eigenvalue weighted by Crippen LogP contribution is 2.43. The van der Waals surface area contributed by atoms with Crippen LogP contribution in [0.4, 0.5) is 5.69 Å². The van der Waals surface area contributed by atoms with Crippen molar-refractivity contribution in [3.8, 4) is 11.5 Å². The van der Waals surface area contributed by atoms with Crippen LogP contribution in [0, 0.1) is 0 Å². The van der Waals surface area contributed by atoms with Crippen molar-refractivity contribution in [1.82, 2.24) is 0 Å². The summed E-state index contributed by atoms with van der Waals surface area (Å²) < 4.78 is 11.1. The molecule has 0 spiro atoms. The van der Waals surface area contributed by atoms with Gasteiger partial charge in [0.05, 0.1) is 24.8 Å². The van der Waals surface area contributed by atoms with E-state index in [0.717, 1.165) is 10.8 Å². The van der Waals surface area contributed by atoms with E-state index < -0.39 is 17.7 Å². The van der Waals surface area contributed by atoms with Gasteiger partial charge in [0, 0.05) is 17.3 Å². The van der Waals surface area contributed by atoms with E-state index in [1.807, 2.05) is 62.4 Å². The molecule has 0 saturated carbocycles. The molecular formula is C31H27NO5. The number of carbonyl (C=O) groups excluding carboxylic acids is 2. The van der Waals surface area contributed by atoms with Crippen molar-refractivity contribution in [3.63, 3.8) is 0 Å². The summed E-state index contributed by atoms with van der Waals surface area (Å²) >= 11 is 0. The summed E-state index contributed by atoms with van der Waals surface area (Å²) in [5.41, 5.74) is 1.65. The average Bonchev–Trinajstić information content (AvgIpc) is 3.18.